The van der Waals surface area contributed by atoms with E-state index in [4.69, 9.17) is 0 Å². The van der Waals surface area contributed by atoms with Crippen molar-refractivity contribution in [2.24, 2.45) is 0 Å². The van der Waals surface area contributed by atoms with E-state index in [0.717, 1.165) is 34.1 Å². The van der Waals surface area contributed by atoms with E-state index in [2.05, 4.69) is 0 Å². The number of thioether (sulfide) groups is 2. The lowest BCUT2D eigenvalue weighted by atomic mass is 10.3. The number of hydrogen-bond acceptors (Lipinski definition) is 6. The molecule has 0 N–H and O–H groups in total. The van der Waals surface area contributed by atoms with Crippen LogP contribution in [0, 0.1) is 0 Å². The quantitative estimate of drug-likeness (QED) is 0.227. The van der Waals surface area contributed by atoms with Gasteiger partial charge in [-0.2, -0.15) is 0 Å². The van der Waals surface area contributed by atoms with E-state index < -0.39 is 0 Å². The first-order chi connectivity index (χ1) is 12.3. The normalized spacial score (nSPS) is 11.5. The minimum absolute atomic E-state index is 0.0859. The predicted octanol–water partition coefficient (Wildman–Crippen LogP) is 6.54. The molecule has 0 saturated heterocycles. The Morgan fingerprint density at radius 1 is 0.800 bits per heavy atom. The summed E-state index contributed by atoms with van der Waals surface area (Å²) in [6, 6.07) is 7.48. The van der Waals surface area contributed by atoms with Crippen LogP contribution in [-0.2, 0) is 0 Å². The summed E-state index contributed by atoms with van der Waals surface area (Å²) in [5.41, 5.74) is 0. The maximum absolute atomic E-state index is 11.7. The minimum atomic E-state index is 0.0859. The van der Waals surface area contributed by atoms with Gasteiger partial charge in [-0.05, 0) is 70.2 Å². The van der Waals surface area contributed by atoms with Gasteiger partial charge in [0.15, 0.2) is 11.6 Å². The van der Waals surface area contributed by atoms with Crippen molar-refractivity contribution in [1.82, 2.24) is 0 Å². The van der Waals surface area contributed by atoms with Gasteiger partial charge >= 0.3 is 0 Å². The number of unbranched alkanes of at least 4 members (excludes halogenated alkanes) is 2. The fourth-order valence-electron chi connectivity index (χ4n) is 1.91. The molecule has 0 spiro atoms. The van der Waals surface area contributed by atoms with Crippen LogP contribution in [0.2, 0.25) is 0 Å². The Labute approximate surface area is 165 Å². The average molecular weight is 409 g/mol. The third kappa shape index (κ3) is 8.23. The van der Waals surface area contributed by atoms with Crippen LogP contribution in [-0.4, -0.2) is 23.1 Å². The van der Waals surface area contributed by atoms with Gasteiger partial charge in [0.2, 0.25) is 0 Å². The molecule has 6 heteroatoms. The Morgan fingerprint density at radius 3 is 1.68 bits per heavy atom. The van der Waals surface area contributed by atoms with Crippen molar-refractivity contribution in [2.45, 2.75) is 19.3 Å². The van der Waals surface area contributed by atoms with Crippen molar-refractivity contribution < 1.29 is 9.59 Å². The largest absolute Gasteiger partial charge is 0.288 e. The van der Waals surface area contributed by atoms with Gasteiger partial charge in [-0.3, -0.25) is 9.59 Å². The summed E-state index contributed by atoms with van der Waals surface area (Å²) >= 11 is 6.33. The zero-order chi connectivity index (χ0) is 17.7. The smallest absolute Gasteiger partial charge is 0.196 e. The van der Waals surface area contributed by atoms with Crippen LogP contribution in [0.25, 0.3) is 0 Å². The molecule has 0 bridgehead atoms. The Kier molecular flexibility index (Phi) is 9.96. The van der Waals surface area contributed by atoms with E-state index in [1.807, 2.05) is 45.8 Å². The van der Waals surface area contributed by atoms with Crippen LogP contribution in [0.15, 0.2) is 58.0 Å². The van der Waals surface area contributed by atoms with Gasteiger partial charge in [0.05, 0.1) is 9.75 Å². The van der Waals surface area contributed by atoms with Gasteiger partial charge in [0, 0.05) is 0 Å². The maximum atomic E-state index is 11.7. The third-order valence-corrected chi connectivity index (χ3v) is 6.66. The second-order valence-corrected chi connectivity index (χ2v) is 9.01. The molecule has 2 rings (SSSR count). The lowest BCUT2D eigenvalue weighted by molar-refractivity contribution is 0.104. The topological polar surface area (TPSA) is 34.1 Å². The van der Waals surface area contributed by atoms with Crippen molar-refractivity contribution in [3.8, 4) is 0 Å². The lowest BCUT2D eigenvalue weighted by Crippen LogP contribution is -1.88. The molecule has 0 aromatic carbocycles. The van der Waals surface area contributed by atoms with Crippen LogP contribution in [0.1, 0.15) is 38.6 Å². The Bertz CT molecular complexity index is 625. The number of hydrogen-bond donors (Lipinski definition) is 0. The van der Waals surface area contributed by atoms with E-state index >= 15 is 0 Å². The van der Waals surface area contributed by atoms with E-state index in [1.54, 1.807) is 35.7 Å². The molecule has 2 aromatic rings. The molecule has 0 radical (unpaired) electrons. The predicted molar refractivity (Wildman–Crippen MR) is 114 cm³/mol. The molecule has 25 heavy (non-hydrogen) atoms. The molecule has 2 nitrogen and oxygen atoms in total. The summed E-state index contributed by atoms with van der Waals surface area (Å²) < 4.78 is 0. The molecule has 2 heterocycles. The third-order valence-electron chi connectivity index (χ3n) is 3.18. The second-order valence-electron chi connectivity index (χ2n) is 5.09. The van der Waals surface area contributed by atoms with Gasteiger partial charge in [-0.15, -0.1) is 46.2 Å². The summed E-state index contributed by atoms with van der Waals surface area (Å²) in [4.78, 5) is 25.1. The number of carbonyl (C=O) groups is 2. The number of rotatable bonds is 12. The Morgan fingerprint density at radius 2 is 1.28 bits per heavy atom. The maximum Gasteiger partial charge on any atom is 0.196 e. The number of allylic oxidation sites excluding steroid dienone is 2. The Balaban J connectivity index is 1.44. The molecule has 2 aromatic heterocycles. The van der Waals surface area contributed by atoms with Crippen molar-refractivity contribution in [3.63, 3.8) is 0 Å². The molecular formula is C19H20O2S4. The highest BCUT2D eigenvalue weighted by atomic mass is 32.2. The van der Waals surface area contributed by atoms with Crippen LogP contribution >= 0.6 is 46.2 Å². The van der Waals surface area contributed by atoms with Gasteiger partial charge in [-0.1, -0.05) is 18.6 Å². The van der Waals surface area contributed by atoms with Gasteiger partial charge in [0.1, 0.15) is 0 Å². The van der Waals surface area contributed by atoms with Crippen molar-refractivity contribution >= 4 is 57.8 Å². The highest BCUT2D eigenvalue weighted by Gasteiger charge is 2.01. The van der Waals surface area contributed by atoms with Crippen LogP contribution in [0.4, 0.5) is 0 Å². The fourth-order valence-corrected chi connectivity index (χ4v) is 4.65. The molecule has 0 saturated carbocycles. The zero-order valence-corrected chi connectivity index (χ0v) is 17.0. The average Bonchev–Trinajstić information content (AvgIpc) is 3.32. The second kappa shape index (κ2) is 12.3. The molecule has 0 amide bonds. The first-order valence-corrected chi connectivity index (χ1v) is 11.8. The van der Waals surface area contributed by atoms with E-state index in [1.165, 1.54) is 29.1 Å². The highest BCUT2D eigenvalue weighted by Crippen LogP contribution is 2.15. The molecule has 0 aliphatic rings. The number of carbonyl (C=O) groups excluding carboxylic acids is 2. The van der Waals surface area contributed by atoms with Crippen molar-refractivity contribution in [1.29, 1.82) is 0 Å². The molecule has 0 atom stereocenters. The van der Waals surface area contributed by atoms with Crippen LogP contribution in [0.5, 0.6) is 0 Å². The van der Waals surface area contributed by atoms with E-state index in [9.17, 15) is 9.59 Å². The molecule has 132 valence electrons. The SMILES string of the molecule is O=C(/C=C/SCCCCCS/C=C/C(=O)c1cccs1)c1cccs1. The van der Waals surface area contributed by atoms with E-state index in [0.29, 0.717) is 0 Å². The highest BCUT2D eigenvalue weighted by molar-refractivity contribution is 8.02. The zero-order valence-electron chi connectivity index (χ0n) is 13.8. The monoisotopic (exact) mass is 408 g/mol. The number of thiophene rings is 2. The fraction of sp³-hybridized carbons (Fsp3) is 0.263. The molecule has 0 aliphatic heterocycles. The molecule has 0 fully saturated rings. The summed E-state index contributed by atoms with van der Waals surface area (Å²) in [5.74, 6) is 2.24. The van der Waals surface area contributed by atoms with Gasteiger partial charge < -0.3 is 0 Å². The number of ketones is 2. The molecule has 0 aliphatic carbocycles. The summed E-state index contributed by atoms with van der Waals surface area (Å²) in [6.45, 7) is 0. The first kappa shape index (κ1) is 20.2. The minimum Gasteiger partial charge on any atom is -0.288 e. The van der Waals surface area contributed by atoms with Gasteiger partial charge in [-0.25, -0.2) is 0 Å². The molecule has 0 unspecified atom stereocenters. The van der Waals surface area contributed by atoms with Crippen LogP contribution < -0.4 is 0 Å². The molecular weight excluding hydrogens is 388 g/mol. The van der Waals surface area contributed by atoms with Gasteiger partial charge in [0.25, 0.3) is 0 Å². The summed E-state index contributed by atoms with van der Waals surface area (Å²) in [5, 5.41) is 7.63. The summed E-state index contributed by atoms with van der Waals surface area (Å²) in [7, 11) is 0. The Hall–Kier alpha value is -1.08. The van der Waals surface area contributed by atoms with Crippen molar-refractivity contribution in [3.05, 3.63) is 67.7 Å². The standard InChI is InChI=1S/C19H20O2S4/c20-16(18-6-4-12-24-18)8-14-22-10-2-1-3-11-23-15-9-17(21)19-7-5-13-25-19/h4-9,12-15H,1-3,10-11H2/b14-8+,15-9+. The van der Waals surface area contributed by atoms with E-state index in [-0.39, 0.29) is 11.6 Å². The lowest BCUT2D eigenvalue weighted by Gasteiger charge is -1.98. The first-order valence-electron chi connectivity index (χ1n) is 7.99. The van der Waals surface area contributed by atoms with Crippen LogP contribution in [0.3, 0.4) is 0 Å². The summed E-state index contributed by atoms with van der Waals surface area (Å²) in [6.07, 6.45) is 6.75. The van der Waals surface area contributed by atoms with Crippen molar-refractivity contribution in [2.75, 3.05) is 11.5 Å².